The van der Waals surface area contributed by atoms with Crippen molar-refractivity contribution in [2.75, 3.05) is 7.11 Å². The van der Waals surface area contributed by atoms with Gasteiger partial charge in [-0.15, -0.1) is 0 Å². The third kappa shape index (κ3) is 6.22. The Labute approximate surface area is 134 Å². The van der Waals surface area contributed by atoms with Crippen LogP contribution in [0.4, 0.5) is 4.39 Å². The molecule has 0 amide bonds. The predicted molar refractivity (Wildman–Crippen MR) is 82.8 cm³/mol. The zero-order chi connectivity index (χ0) is 17.3. The number of rotatable bonds is 10. The number of ether oxygens (including phenoxy) is 2. The van der Waals surface area contributed by atoms with Gasteiger partial charge < -0.3 is 9.47 Å². The third-order valence-corrected chi connectivity index (χ3v) is 3.49. The number of carbonyl (C=O) groups excluding carboxylic acids is 1. The van der Waals surface area contributed by atoms with Crippen molar-refractivity contribution in [1.29, 1.82) is 0 Å². The maximum atomic E-state index is 14.3. The van der Waals surface area contributed by atoms with Crippen molar-refractivity contribution in [2.45, 2.75) is 51.2 Å². The SMILES string of the molecule is CCCCCC(F)(CCC(=O)Oc1ccc(OC)cc1)[N+](=O)[O-]. The number of halogens is 1. The van der Waals surface area contributed by atoms with E-state index in [0.717, 1.165) is 12.8 Å². The van der Waals surface area contributed by atoms with Gasteiger partial charge in [-0.25, -0.2) is 0 Å². The fraction of sp³-hybridized carbons (Fsp3) is 0.562. The lowest BCUT2D eigenvalue weighted by atomic mass is 10.0. The molecule has 0 saturated heterocycles. The molecule has 1 rings (SSSR count). The maximum absolute atomic E-state index is 14.3. The summed E-state index contributed by atoms with van der Waals surface area (Å²) in [5.41, 5.74) is 0. The van der Waals surface area contributed by atoms with Crippen LogP contribution in [0.2, 0.25) is 0 Å². The third-order valence-electron chi connectivity index (χ3n) is 3.49. The van der Waals surface area contributed by atoms with Crippen LogP contribution in [0.25, 0.3) is 0 Å². The summed E-state index contributed by atoms with van der Waals surface area (Å²) in [4.78, 5) is 21.7. The summed E-state index contributed by atoms with van der Waals surface area (Å²) in [6.07, 6.45) is 0.947. The number of esters is 1. The summed E-state index contributed by atoms with van der Waals surface area (Å²) in [6, 6.07) is 6.30. The highest BCUT2D eigenvalue weighted by Crippen LogP contribution is 2.27. The molecule has 6 nitrogen and oxygen atoms in total. The molecule has 0 spiro atoms. The number of methoxy groups -OCH3 is 1. The first kappa shape index (κ1) is 18.9. The standard InChI is InChI=1S/C16H22FNO5/c1-3-4-5-11-16(17,18(20)21)12-10-15(19)23-14-8-6-13(22-2)7-9-14/h6-9H,3-5,10-12H2,1-2H3. The van der Waals surface area contributed by atoms with E-state index in [1.807, 2.05) is 6.92 Å². The monoisotopic (exact) mass is 327 g/mol. The normalized spacial score (nSPS) is 13.2. The molecule has 0 heterocycles. The fourth-order valence-electron chi connectivity index (χ4n) is 2.07. The van der Waals surface area contributed by atoms with Crippen LogP contribution >= 0.6 is 0 Å². The van der Waals surface area contributed by atoms with E-state index in [1.165, 1.54) is 19.2 Å². The molecule has 0 bridgehead atoms. The van der Waals surface area contributed by atoms with Crippen LogP contribution in [0.3, 0.4) is 0 Å². The zero-order valence-corrected chi connectivity index (χ0v) is 13.4. The molecule has 1 aromatic carbocycles. The Bertz CT molecular complexity index is 520. The van der Waals surface area contributed by atoms with Crippen molar-refractivity contribution in [3.05, 3.63) is 34.4 Å². The van der Waals surface area contributed by atoms with E-state index in [4.69, 9.17) is 9.47 Å². The average Bonchev–Trinajstić information content (AvgIpc) is 2.54. The lowest BCUT2D eigenvalue weighted by Gasteiger charge is -2.16. The molecule has 128 valence electrons. The van der Waals surface area contributed by atoms with Gasteiger partial charge >= 0.3 is 11.8 Å². The quantitative estimate of drug-likeness (QED) is 0.163. The molecule has 1 unspecified atom stereocenters. The summed E-state index contributed by atoms with van der Waals surface area (Å²) in [5.74, 6) is -2.38. The second kappa shape index (κ2) is 9.07. The molecule has 0 aromatic heterocycles. The van der Waals surface area contributed by atoms with E-state index in [2.05, 4.69) is 0 Å². The molecule has 23 heavy (non-hydrogen) atoms. The van der Waals surface area contributed by atoms with Gasteiger partial charge in [0.2, 0.25) is 0 Å². The van der Waals surface area contributed by atoms with Crippen LogP contribution < -0.4 is 9.47 Å². The molecule has 0 aliphatic carbocycles. The van der Waals surface area contributed by atoms with Gasteiger partial charge in [-0.2, -0.15) is 4.39 Å². The fourth-order valence-corrected chi connectivity index (χ4v) is 2.07. The first-order valence-corrected chi connectivity index (χ1v) is 7.59. The van der Waals surface area contributed by atoms with Gasteiger partial charge in [-0.3, -0.25) is 14.9 Å². The molecular weight excluding hydrogens is 305 g/mol. The second-order valence-electron chi connectivity index (χ2n) is 5.28. The number of alkyl halides is 1. The Morgan fingerprint density at radius 3 is 2.35 bits per heavy atom. The molecule has 0 radical (unpaired) electrons. The topological polar surface area (TPSA) is 78.7 Å². The highest BCUT2D eigenvalue weighted by Gasteiger charge is 2.42. The van der Waals surface area contributed by atoms with Gasteiger partial charge in [-0.05, 0) is 30.7 Å². The first-order chi connectivity index (χ1) is 10.9. The van der Waals surface area contributed by atoms with Crippen LogP contribution in [0.1, 0.15) is 45.4 Å². The van der Waals surface area contributed by atoms with Gasteiger partial charge in [0, 0.05) is 6.42 Å². The van der Waals surface area contributed by atoms with Crippen LogP contribution in [-0.2, 0) is 4.79 Å². The first-order valence-electron chi connectivity index (χ1n) is 7.59. The van der Waals surface area contributed by atoms with E-state index >= 15 is 0 Å². The smallest absolute Gasteiger partial charge is 0.359 e. The van der Waals surface area contributed by atoms with Crippen molar-refractivity contribution < 1.29 is 23.6 Å². The van der Waals surface area contributed by atoms with Crippen LogP contribution in [0.15, 0.2) is 24.3 Å². The number of nitro groups is 1. The minimum absolute atomic E-state index is 0.191. The molecule has 1 atom stereocenters. The number of benzene rings is 1. The van der Waals surface area contributed by atoms with Gasteiger partial charge in [-0.1, -0.05) is 19.8 Å². The minimum Gasteiger partial charge on any atom is -0.497 e. The lowest BCUT2D eigenvalue weighted by Crippen LogP contribution is -2.34. The maximum Gasteiger partial charge on any atom is 0.359 e. The van der Waals surface area contributed by atoms with Crippen molar-refractivity contribution in [2.24, 2.45) is 0 Å². The van der Waals surface area contributed by atoms with Gasteiger partial charge in [0.05, 0.1) is 24.9 Å². The van der Waals surface area contributed by atoms with Crippen LogP contribution in [-0.4, -0.2) is 23.8 Å². The van der Waals surface area contributed by atoms with Gasteiger partial charge in [0.25, 0.3) is 0 Å². The average molecular weight is 327 g/mol. The summed E-state index contributed by atoms with van der Waals surface area (Å²) < 4.78 is 24.3. The summed E-state index contributed by atoms with van der Waals surface area (Å²) in [7, 11) is 1.51. The van der Waals surface area contributed by atoms with Crippen molar-refractivity contribution in [3.8, 4) is 11.5 Å². The molecule has 0 saturated carbocycles. The molecule has 0 aliphatic heterocycles. The minimum atomic E-state index is -2.58. The Balaban J connectivity index is 2.52. The molecule has 0 aliphatic rings. The Morgan fingerprint density at radius 1 is 1.22 bits per heavy atom. The highest BCUT2D eigenvalue weighted by atomic mass is 19.1. The van der Waals surface area contributed by atoms with Gasteiger partial charge in [0.1, 0.15) is 11.5 Å². The number of unbranched alkanes of at least 4 members (excludes halogenated alkanes) is 2. The number of hydrogen-bond acceptors (Lipinski definition) is 5. The summed E-state index contributed by atoms with van der Waals surface area (Å²) in [5, 5.41) is 10.9. The highest BCUT2D eigenvalue weighted by molar-refractivity contribution is 5.72. The molecule has 0 N–H and O–H groups in total. The van der Waals surface area contributed by atoms with E-state index in [0.29, 0.717) is 12.2 Å². The van der Waals surface area contributed by atoms with Crippen molar-refractivity contribution in [3.63, 3.8) is 0 Å². The Morgan fingerprint density at radius 2 is 1.83 bits per heavy atom. The van der Waals surface area contributed by atoms with Crippen LogP contribution in [0.5, 0.6) is 11.5 Å². The van der Waals surface area contributed by atoms with Crippen molar-refractivity contribution >= 4 is 5.97 Å². The zero-order valence-electron chi connectivity index (χ0n) is 13.4. The summed E-state index contributed by atoms with van der Waals surface area (Å²) in [6.45, 7) is 1.93. The number of carbonyl (C=O) groups is 1. The van der Waals surface area contributed by atoms with E-state index < -0.39 is 23.1 Å². The van der Waals surface area contributed by atoms with E-state index in [9.17, 15) is 19.3 Å². The molecule has 7 heteroatoms. The molecular formula is C16H22FNO5. The van der Waals surface area contributed by atoms with Gasteiger partial charge in [0.15, 0.2) is 0 Å². The molecule has 0 fully saturated rings. The Hall–Kier alpha value is -2.18. The largest absolute Gasteiger partial charge is 0.497 e. The van der Waals surface area contributed by atoms with Crippen molar-refractivity contribution in [1.82, 2.24) is 0 Å². The van der Waals surface area contributed by atoms with E-state index in [-0.39, 0.29) is 18.6 Å². The lowest BCUT2D eigenvalue weighted by molar-refractivity contribution is -0.608. The molecule has 1 aromatic rings. The second-order valence-corrected chi connectivity index (χ2v) is 5.28. The Kier molecular flexibility index (Phi) is 7.44. The summed E-state index contributed by atoms with van der Waals surface area (Å²) >= 11 is 0. The predicted octanol–water partition coefficient (Wildman–Crippen LogP) is 3.90. The van der Waals surface area contributed by atoms with Crippen LogP contribution in [0, 0.1) is 10.1 Å². The van der Waals surface area contributed by atoms with E-state index in [1.54, 1.807) is 12.1 Å². The number of nitrogens with zero attached hydrogens (tertiary/aromatic N) is 1. The number of hydrogen-bond donors (Lipinski definition) is 0.